The van der Waals surface area contributed by atoms with Crippen LogP contribution in [0.25, 0.3) is 0 Å². The molecule has 0 amide bonds. The standard InChI is InChI=1S/C19H40.C3H9N/c1-3-5-7-9-11-13-15-17-19-18-16-14-12-10-8-6-4-2;1-4(2)3/h3-19H2,1-2H3;1-3H3. The second-order valence-electron chi connectivity index (χ2n) is 7.64. The summed E-state index contributed by atoms with van der Waals surface area (Å²) in [5.41, 5.74) is 0. The summed E-state index contributed by atoms with van der Waals surface area (Å²) in [4.78, 5) is 2.00. The number of nitrogens with zero attached hydrogens (tertiary/aromatic N) is 1. The van der Waals surface area contributed by atoms with Crippen molar-refractivity contribution in [2.75, 3.05) is 21.1 Å². The van der Waals surface area contributed by atoms with E-state index in [1.165, 1.54) is 109 Å². The maximum atomic E-state index is 2.30. The van der Waals surface area contributed by atoms with Crippen molar-refractivity contribution in [2.24, 2.45) is 0 Å². The molecular weight excluding hydrogens is 278 g/mol. The summed E-state index contributed by atoms with van der Waals surface area (Å²) < 4.78 is 0. The first kappa shape index (κ1) is 25.2. The van der Waals surface area contributed by atoms with E-state index in [1.807, 2.05) is 26.0 Å². The quantitative estimate of drug-likeness (QED) is 0.261. The van der Waals surface area contributed by atoms with Gasteiger partial charge in [-0.2, -0.15) is 0 Å². The molecule has 0 aliphatic heterocycles. The summed E-state index contributed by atoms with van der Waals surface area (Å²) in [6.07, 6.45) is 24.9. The molecule has 0 aromatic heterocycles. The van der Waals surface area contributed by atoms with Crippen LogP contribution in [0.2, 0.25) is 0 Å². The first-order valence-corrected chi connectivity index (χ1v) is 10.8. The van der Waals surface area contributed by atoms with E-state index in [0.717, 1.165) is 0 Å². The molecule has 0 saturated carbocycles. The maximum absolute atomic E-state index is 2.30. The highest BCUT2D eigenvalue weighted by atomic mass is 15.0. The number of unbranched alkanes of at least 4 members (excludes halogenated alkanes) is 16. The van der Waals surface area contributed by atoms with Crippen LogP contribution in [0, 0.1) is 0 Å². The minimum atomic E-state index is 1.37. The van der Waals surface area contributed by atoms with E-state index < -0.39 is 0 Å². The molecule has 0 atom stereocenters. The molecule has 23 heavy (non-hydrogen) atoms. The molecule has 0 aliphatic rings. The third-order valence-electron chi connectivity index (χ3n) is 4.21. The van der Waals surface area contributed by atoms with Crippen molar-refractivity contribution in [2.45, 2.75) is 123 Å². The molecule has 0 fully saturated rings. The van der Waals surface area contributed by atoms with Crippen LogP contribution >= 0.6 is 0 Å². The normalized spacial score (nSPS) is 10.7. The molecule has 0 spiro atoms. The Kier molecular flexibility index (Phi) is 26.5. The first-order chi connectivity index (χ1) is 11.1. The molecule has 1 nitrogen and oxygen atoms in total. The van der Waals surface area contributed by atoms with E-state index in [9.17, 15) is 0 Å². The van der Waals surface area contributed by atoms with Crippen molar-refractivity contribution in [1.82, 2.24) is 4.90 Å². The lowest BCUT2D eigenvalue weighted by Gasteiger charge is -2.03. The average molecular weight is 328 g/mol. The predicted molar refractivity (Wildman–Crippen MR) is 109 cm³/mol. The van der Waals surface area contributed by atoms with Crippen molar-refractivity contribution in [1.29, 1.82) is 0 Å². The van der Waals surface area contributed by atoms with Crippen molar-refractivity contribution in [3.05, 3.63) is 0 Å². The predicted octanol–water partition coefficient (Wildman–Crippen LogP) is 7.84. The third kappa shape index (κ3) is 34.3. The molecule has 1 heteroatoms. The minimum Gasteiger partial charge on any atom is -0.312 e. The molecule has 0 aromatic rings. The molecular formula is C22H49N. The van der Waals surface area contributed by atoms with Gasteiger partial charge in [-0.3, -0.25) is 0 Å². The SMILES string of the molecule is CCCCCCCCCCCCCCCCCCC.CN(C)C. The monoisotopic (exact) mass is 327 g/mol. The van der Waals surface area contributed by atoms with Gasteiger partial charge in [-0.15, -0.1) is 0 Å². The molecule has 0 aromatic carbocycles. The summed E-state index contributed by atoms with van der Waals surface area (Å²) in [6, 6.07) is 0. The summed E-state index contributed by atoms with van der Waals surface area (Å²) in [6.45, 7) is 4.59. The Morgan fingerprint density at radius 1 is 0.348 bits per heavy atom. The van der Waals surface area contributed by atoms with Crippen LogP contribution in [-0.4, -0.2) is 26.0 Å². The fourth-order valence-electron chi connectivity index (χ4n) is 2.80. The van der Waals surface area contributed by atoms with Gasteiger partial charge in [0.15, 0.2) is 0 Å². The molecule has 142 valence electrons. The fraction of sp³-hybridized carbons (Fsp3) is 1.00. The molecule has 0 radical (unpaired) electrons. The van der Waals surface area contributed by atoms with Gasteiger partial charge < -0.3 is 4.90 Å². The summed E-state index contributed by atoms with van der Waals surface area (Å²) in [5.74, 6) is 0. The molecule has 0 bridgehead atoms. The average Bonchev–Trinajstić information content (AvgIpc) is 2.50. The van der Waals surface area contributed by atoms with Gasteiger partial charge in [-0.05, 0) is 21.1 Å². The second kappa shape index (κ2) is 24.2. The Bertz CT molecular complexity index is 158. The highest BCUT2D eigenvalue weighted by Crippen LogP contribution is 2.13. The van der Waals surface area contributed by atoms with Gasteiger partial charge in [0, 0.05) is 0 Å². The zero-order chi connectivity index (χ0) is 17.6. The van der Waals surface area contributed by atoms with Crippen LogP contribution in [0.1, 0.15) is 123 Å². The van der Waals surface area contributed by atoms with E-state index in [-0.39, 0.29) is 0 Å². The highest BCUT2D eigenvalue weighted by Gasteiger charge is 1.94. The van der Waals surface area contributed by atoms with Crippen LogP contribution in [0.3, 0.4) is 0 Å². The van der Waals surface area contributed by atoms with E-state index in [4.69, 9.17) is 0 Å². The maximum Gasteiger partial charge on any atom is -0.0140 e. The topological polar surface area (TPSA) is 3.24 Å². The largest absolute Gasteiger partial charge is 0.312 e. The van der Waals surface area contributed by atoms with E-state index in [0.29, 0.717) is 0 Å². The Morgan fingerprint density at radius 3 is 0.609 bits per heavy atom. The van der Waals surface area contributed by atoms with E-state index >= 15 is 0 Å². The third-order valence-corrected chi connectivity index (χ3v) is 4.21. The van der Waals surface area contributed by atoms with Gasteiger partial charge in [0.05, 0.1) is 0 Å². The van der Waals surface area contributed by atoms with E-state index in [2.05, 4.69) is 13.8 Å². The smallest absolute Gasteiger partial charge is 0.0140 e. The van der Waals surface area contributed by atoms with Crippen LogP contribution in [0.5, 0.6) is 0 Å². The molecule has 0 aliphatic carbocycles. The number of hydrogen-bond donors (Lipinski definition) is 0. The number of hydrogen-bond acceptors (Lipinski definition) is 1. The van der Waals surface area contributed by atoms with Crippen molar-refractivity contribution in [3.63, 3.8) is 0 Å². The lowest BCUT2D eigenvalue weighted by atomic mass is 10.0. The van der Waals surface area contributed by atoms with Crippen molar-refractivity contribution >= 4 is 0 Å². The van der Waals surface area contributed by atoms with Crippen molar-refractivity contribution in [3.8, 4) is 0 Å². The Balaban J connectivity index is 0. The van der Waals surface area contributed by atoms with Gasteiger partial charge in [0.2, 0.25) is 0 Å². The van der Waals surface area contributed by atoms with Gasteiger partial charge in [0.1, 0.15) is 0 Å². The van der Waals surface area contributed by atoms with Crippen LogP contribution in [0.15, 0.2) is 0 Å². The molecule has 0 saturated heterocycles. The van der Waals surface area contributed by atoms with Crippen molar-refractivity contribution < 1.29 is 0 Å². The Morgan fingerprint density at radius 2 is 0.478 bits per heavy atom. The van der Waals surface area contributed by atoms with Gasteiger partial charge >= 0.3 is 0 Å². The number of rotatable bonds is 16. The Labute approximate surface area is 149 Å². The molecule has 0 unspecified atom stereocenters. The van der Waals surface area contributed by atoms with E-state index in [1.54, 1.807) is 0 Å². The highest BCUT2D eigenvalue weighted by molar-refractivity contribution is 4.49. The van der Waals surface area contributed by atoms with Gasteiger partial charge in [0.25, 0.3) is 0 Å². The fourth-order valence-corrected chi connectivity index (χ4v) is 2.80. The Hall–Kier alpha value is -0.0400. The zero-order valence-corrected chi connectivity index (χ0v) is 17.5. The van der Waals surface area contributed by atoms with Gasteiger partial charge in [-0.1, -0.05) is 123 Å². The summed E-state index contributed by atoms with van der Waals surface area (Å²) in [7, 11) is 6.00. The lowest BCUT2D eigenvalue weighted by Crippen LogP contribution is -1.99. The minimum absolute atomic E-state index is 1.37. The molecule has 0 N–H and O–H groups in total. The van der Waals surface area contributed by atoms with Crippen LogP contribution in [0.4, 0.5) is 0 Å². The first-order valence-electron chi connectivity index (χ1n) is 10.8. The lowest BCUT2D eigenvalue weighted by molar-refractivity contribution is 0.505. The van der Waals surface area contributed by atoms with Gasteiger partial charge in [-0.25, -0.2) is 0 Å². The van der Waals surface area contributed by atoms with Crippen LogP contribution < -0.4 is 0 Å². The molecule has 0 heterocycles. The summed E-state index contributed by atoms with van der Waals surface area (Å²) in [5, 5.41) is 0. The zero-order valence-electron chi connectivity index (χ0n) is 17.5. The van der Waals surface area contributed by atoms with Crippen LogP contribution in [-0.2, 0) is 0 Å². The molecule has 0 rings (SSSR count). The summed E-state index contributed by atoms with van der Waals surface area (Å²) >= 11 is 0. The second-order valence-corrected chi connectivity index (χ2v) is 7.64.